The van der Waals surface area contributed by atoms with Crippen molar-refractivity contribution < 1.29 is 0 Å². The number of thiazole rings is 1. The molecule has 4 heteroatoms. The van der Waals surface area contributed by atoms with Crippen LogP contribution >= 0.6 is 22.9 Å². The van der Waals surface area contributed by atoms with E-state index in [-0.39, 0.29) is 5.54 Å². The SMILES string of the molecule is CC(C)(C)NC/C(=C/c1ncc(Cl)s1)C1CCCCC1. The van der Waals surface area contributed by atoms with E-state index in [1.165, 1.54) is 37.7 Å². The highest BCUT2D eigenvalue weighted by atomic mass is 35.5. The fourth-order valence-corrected chi connectivity index (χ4v) is 3.55. The van der Waals surface area contributed by atoms with E-state index in [0.29, 0.717) is 5.92 Å². The summed E-state index contributed by atoms with van der Waals surface area (Å²) in [5.41, 5.74) is 1.64. The molecule has 2 rings (SSSR count). The standard InChI is InChI=1S/C16H25ClN2S/c1-16(2,3)19-10-13(12-7-5-4-6-8-12)9-15-18-11-14(17)20-15/h9,11-12,19H,4-8,10H2,1-3H3/b13-9-. The first kappa shape index (κ1) is 16.0. The molecular weight excluding hydrogens is 288 g/mol. The third-order valence-electron chi connectivity index (χ3n) is 3.76. The predicted octanol–water partition coefficient (Wildman–Crippen LogP) is 5.15. The molecule has 1 aromatic heterocycles. The molecule has 0 radical (unpaired) electrons. The summed E-state index contributed by atoms with van der Waals surface area (Å²) in [5.74, 6) is 0.710. The maximum Gasteiger partial charge on any atom is 0.117 e. The molecule has 0 atom stereocenters. The summed E-state index contributed by atoms with van der Waals surface area (Å²) in [7, 11) is 0. The van der Waals surface area contributed by atoms with Crippen molar-refractivity contribution in [2.75, 3.05) is 6.54 Å². The second-order valence-corrected chi connectivity index (χ2v) is 8.35. The average molecular weight is 313 g/mol. The topological polar surface area (TPSA) is 24.9 Å². The van der Waals surface area contributed by atoms with Crippen LogP contribution in [0.4, 0.5) is 0 Å². The minimum absolute atomic E-state index is 0.147. The number of rotatable bonds is 4. The van der Waals surface area contributed by atoms with Crippen molar-refractivity contribution in [1.82, 2.24) is 10.3 Å². The molecule has 1 fully saturated rings. The summed E-state index contributed by atoms with van der Waals surface area (Å²) >= 11 is 7.55. The zero-order chi connectivity index (χ0) is 14.6. The van der Waals surface area contributed by atoms with Gasteiger partial charge in [0.1, 0.15) is 9.34 Å². The fourth-order valence-electron chi connectivity index (χ4n) is 2.65. The lowest BCUT2D eigenvalue weighted by Gasteiger charge is -2.28. The predicted molar refractivity (Wildman–Crippen MR) is 89.4 cm³/mol. The van der Waals surface area contributed by atoms with Gasteiger partial charge in [0.05, 0.1) is 6.20 Å². The second-order valence-electron chi connectivity index (χ2n) is 6.66. The maximum absolute atomic E-state index is 5.99. The summed E-state index contributed by atoms with van der Waals surface area (Å²) in [6.07, 6.45) is 10.7. The Balaban J connectivity index is 2.12. The van der Waals surface area contributed by atoms with Gasteiger partial charge < -0.3 is 5.32 Å². The van der Waals surface area contributed by atoms with Crippen LogP contribution < -0.4 is 5.32 Å². The Morgan fingerprint density at radius 1 is 1.40 bits per heavy atom. The largest absolute Gasteiger partial charge is 0.308 e. The van der Waals surface area contributed by atoms with Crippen LogP contribution in [0.3, 0.4) is 0 Å². The lowest BCUT2D eigenvalue weighted by Crippen LogP contribution is -2.38. The Kier molecular flexibility index (Phi) is 5.65. The molecule has 1 aliphatic carbocycles. The smallest absolute Gasteiger partial charge is 0.117 e. The molecule has 1 saturated carbocycles. The number of hydrogen-bond donors (Lipinski definition) is 1. The molecule has 0 amide bonds. The van der Waals surface area contributed by atoms with Crippen molar-refractivity contribution in [1.29, 1.82) is 0 Å². The van der Waals surface area contributed by atoms with Gasteiger partial charge in [-0.1, -0.05) is 36.4 Å². The van der Waals surface area contributed by atoms with Gasteiger partial charge >= 0.3 is 0 Å². The van der Waals surface area contributed by atoms with Crippen molar-refractivity contribution in [2.45, 2.75) is 58.4 Å². The monoisotopic (exact) mass is 312 g/mol. The number of nitrogens with zero attached hydrogens (tertiary/aromatic N) is 1. The molecule has 0 aliphatic heterocycles. The zero-order valence-electron chi connectivity index (χ0n) is 12.7. The van der Waals surface area contributed by atoms with E-state index in [4.69, 9.17) is 11.6 Å². The van der Waals surface area contributed by atoms with Gasteiger partial charge in [-0.25, -0.2) is 4.98 Å². The maximum atomic E-state index is 5.99. The minimum atomic E-state index is 0.147. The van der Waals surface area contributed by atoms with Crippen molar-refractivity contribution >= 4 is 29.0 Å². The normalized spacial score (nSPS) is 18.5. The Hall–Kier alpha value is -0.380. The van der Waals surface area contributed by atoms with E-state index in [1.807, 2.05) is 0 Å². The highest BCUT2D eigenvalue weighted by molar-refractivity contribution is 7.16. The summed E-state index contributed by atoms with van der Waals surface area (Å²) < 4.78 is 0.767. The van der Waals surface area contributed by atoms with Gasteiger partial charge in [0.2, 0.25) is 0 Å². The van der Waals surface area contributed by atoms with Crippen LogP contribution in [-0.4, -0.2) is 17.1 Å². The zero-order valence-corrected chi connectivity index (χ0v) is 14.3. The van der Waals surface area contributed by atoms with Crippen LogP contribution in [0.5, 0.6) is 0 Å². The van der Waals surface area contributed by atoms with Gasteiger partial charge in [0.15, 0.2) is 0 Å². The third-order valence-corrected chi connectivity index (χ3v) is 4.82. The average Bonchev–Trinajstić information content (AvgIpc) is 2.80. The lowest BCUT2D eigenvalue weighted by atomic mass is 9.83. The van der Waals surface area contributed by atoms with E-state index in [1.54, 1.807) is 17.5 Å². The molecule has 112 valence electrons. The van der Waals surface area contributed by atoms with E-state index in [2.05, 4.69) is 37.1 Å². The van der Waals surface area contributed by atoms with Gasteiger partial charge in [-0.15, -0.1) is 11.3 Å². The Bertz CT molecular complexity index is 453. The summed E-state index contributed by atoms with van der Waals surface area (Å²) in [6, 6.07) is 0. The highest BCUT2D eigenvalue weighted by Gasteiger charge is 2.20. The van der Waals surface area contributed by atoms with Crippen molar-refractivity contribution in [3.63, 3.8) is 0 Å². The van der Waals surface area contributed by atoms with Crippen LogP contribution in [0.1, 0.15) is 57.9 Å². The van der Waals surface area contributed by atoms with Gasteiger partial charge in [-0.2, -0.15) is 0 Å². The molecule has 1 aromatic rings. The van der Waals surface area contributed by atoms with Crippen LogP contribution in [-0.2, 0) is 0 Å². The molecule has 0 bridgehead atoms. The second kappa shape index (κ2) is 7.06. The molecule has 1 aliphatic rings. The number of hydrogen-bond acceptors (Lipinski definition) is 3. The van der Waals surface area contributed by atoms with E-state index < -0.39 is 0 Å². The Labute approximate surface area is 131 Å². The number of nitrogens with one attached hydrogen (secondary N) is 1. The van der Waals surface area contributed by atoms with Crippen molar-refractivity contribution in [3.8, 4) is 0 Å². The molecule has 1 N–H and O–H groups in total. The molecule has 1 heterocycles. The molecule has 0 aromatic carbocycles. The number of halogens is 1. The van der Waals surface area contributed by atoms with Crippen LogP contribution in [0.15, 0.2) is 11.8 Å². The van der Waals surface area contributed by atoms with Crippen LogP contribution in [0.25, 0.3) is 6.08 Å². The van der Waals surface area contributed by atoms with Gasteiger partial charge in [0.25, 0.3) is 0 Å². The fraction of sp³-hybridized carbons (Fsp3) is 0.688. The summed E-state index contributed by atoms with van der Waals surface area (Å²) in [6.45, 7) is 7.59. The molecule has 0 saturated heterocycles. The first-order valence-electron chi connectivity index (χ1n) is 7.51. The molecule has 0 spiro atoms. The summed E-state index contributed by atoms with van der Waals surface area (Å²) in [4.78, 5) is 4.38. The quantitative estimate of drug-likeness (QED) is 0.831. The molecular formula is C16H25ClN2S. The van der Waals surface area contributed by atoms with Crippen molar-refractivity contribution in [3.05, 3.63) is 21.1 Å². The van der Waals surface area contributed by atoms with Crippen LogP contribution in [0, 0.1) is 5.92 Å². The Morgan fingerprint density at radius 3 is 2.65 bits per heavy atom. The highest BCUT2D eigenvalue weighted by Crippen LogP contribution is 2.31. The minimum Gasteiger partial charge on any atom is -0.308 e. The van der Waals surface area contributed by atoms with Gasteiger partial charge in [0, 0.05) is 12.1 Å². The van der Waals surface area contributed by atoms with Crippen molar-refractivity contribution in [2.24, 2.45) is 5.92 Å². The van der Waals surface area contributed by atoms with E-state index >= 15 is 0 Å². The van der Waals surface area contributed by atoms with Gasteiger partial charge in [-0.05, 0) is 45.6 Å². The van der Waals surface area contributed by atoms with Gasteiger partial charge in [-0.3, -0.25) is 0 Å². The molecule has 2 nitrogen and oxygen atoms in total. The van der Waals surface area contributed by atoms with Crippen LogP contribution in [0.2, 0.25) is 4.34 Å². The first-order valence-corrected chi connectivity index (χ1v) is 8.70. The molecule has 20 heavy (non-hydrogen) atoms. The summed E-state index contributed by atoms with van der Waals surface area (Å²) in [5, 5.41) is 4.66. The number of aromatic nitrogens is 1. The molecule has 0 unspecified atom stereocenters. The van der Waals surface area contributed by atoms with E-state index in [9.17, 15) is 0 Å². The Morgan fingerprint density at radius 2 is 2.10 bits per heavy atom. The lowest BCUT2D eigenvalue weighted by molar-refractivity contribution is 0.378. The first-order chi connectivity index (χ1) is 9.44. The third kappa shape index (κ3) is 5.19. The van der Waals surface area contributed by atoms with E-state index in [0.717, 1.165) is 15.9 Å².